The molecule has 2 aromatic carbocycles. The normalized spacial score (nSPS) is 11.3. The number of hydrogen-bond acceptors (Lipinski definition) is 3. The highest BCUT2D eigenvalue weighted by Crippen LogP contribution is 2.29. The van der Waals surface area contributed by atoms with Crippen LogP contribution in [0.15, 0.2) is 65.7 Å². The number of aromatic nitrogens is 1. The molecular formula is C23H23FN2O2S. The molecule has 0 atom stereocenters. The Morgan fingerprint density at radius 3 is 2.55 bits per heavy atom. The molecule has 3 aromatic rings. The van der Waals surface area contributed by atoms with E-state index in [1.54, 1.807) is 49.5 Å². The topological polar surface area (TPSA) is 51.1 Å². The van der Waals surface area contributed by atoms with E-state index in [9.17, 15) is 12.8 Å². The Labute approximate surface area is 171 Å². The quantitative estimate of drug-likeness (QED) is 0.640. The average molecular weight is 411 g/mol. The molecule has 6 heteroatoms. The molecule has 0 saturated heterocycles. The molecule has 0 bridgehead atoms. The van der Waals surface area contributed by atoms with Gasteiger partial charge in [-0.2, -0.15) is 0 Å². The van der Waals surface area contributed by atoms with Gasteiger partial charge in [-0.25, -0.2) is 16.8 Å². The lowest BCUT2D eigenvalue weighted by Crippen LogP contribution is -2.14. The van der Waals surface area contributed by atoms with Crippen LogP contribution < -0.4 is 5.32 Å². The zero-order valence-electron chi connectivity index (χ0n) is 16.6. The first-order valence-corrected chi connectivity index (χ1v) is 10.7. The SMILES string of the molecule is CNCc1cc(-c2ccccc2F)n(S(=O)(=O)c2cccc(C#CC(C)C)c2)c1. The molecule has 0 aliphatic heterocycles. The van der Waals surface area contributed by atoms with Gasteiger partial charge in [-0.1, -0.05) is 43.9 Å². The maximum Gasteiger partial charge on any atom is 0.268 e. The molecule has 0 aliphatic rings. The monoisotopic (exact) mass is 410 g/mol. The van der Waals surface area contributed by atoms with E-state index in [2.05, 4.69) is 17.2 Å². The lowest BCUT2D eigenvalue weighted by atomic mass is 10.1. The second-order valence-corrected chi connectivity index (χ2v) is 8.81. The Bertz CT molecular complexity index is 1180. The van der Waals surface area contributed by atoms with E-state index < -0.39 is 15.8 Å². The standard InChI is InChI=1S/C23H23FN2O2S/c1-17(2)11-12-18-7-6-8-20(13-18)29(27,28)26-16-19(15-25-3)14-23(26)21-9-4-5-10-22(21)24/h4-10,13-14,16-17,25H,15H2,1-3H3. The van der Waals surface area contributed by atoms with Crippen LogP contribution in [0, 0.1) is 23.6 Å². The van der Waals surface area contributed by atoms with Crippen molar-refractivity contribution in [3.63, 3.8) is 0 Å². The van der Waals surface area contributed by atoms with Gasteiger partial charge in [0, 0.05) is 29.8 Å². The van der Waals surface area contributed by atoms with E-state index >= 15 is 0 Å². The van der Waals surface area contributed by atoms with Gasteiger partial charge in [0.25, 0.3) is 10.0 Å². The van der Waals surface area contributed by atoms with Crippen LogP contribution in [-0.2, 0) is 16.6 Å². The van der Waals surface area contributed by atoms with Crippen molar-refractivity contribution in [2.75, 3.05) is 7.05 Å². The summed E-state index contributed by atoms with van der Waals surface area (Å²) in [6, 6.07) is 14.4. The molecule has 0 spiro atoms. The van der Waals surface area contributed by atoms with Crippen molar-refractivity contribution < 1.29 is 12.8 Å². The Morgan fingerprint density at radius 2 is 1.86 bits per heavy atom. The van der Waals surface area contributed by atoms with Gasteiger partial charge in [0.05, 0.1) is 10.6 Å². The van der Waals surface area contributed by atoms with E-state index in [4.69, 9.17) is 0 Å². The first-order valence-electron chi connectivity index (χ1n) is 9.31. The molecule has 0 radical (unpaired) electrons. The van der Waals surface area contributed by atoms with Crippen LogP contribution in [0.4, 0.5) is 4.39 Å². The third-order valence-electron chi connectivity index (χ3n) is 4.27. The Kier molecular flexibility index (Phi) is 6.21. The number of hydrogen-bond donors (Lipinski definition) is 1. The Balaban J connectivity index is 2.16. The van der Waals surface area contributed by atoms with Gasteiger partial charge in [0.2, 0.25) is 0 Å². The lowest BCUT2D eigenvalue weighted by molar-refractivity contribution is 0.587. The molecular weight excluding hydrogens is 387 g/mol. The van der Waals surface area contributed by atoms with E-state index in [1.807, 2.05) is 13.8 Å². The molecule has 150 valence electrons. The van der Waals surface area contributed by atoms with Gasteiger partial charge in [0.1, 0.15) is 5.82 Å². The summed E-state index contributed by atoms with van der Waals surface area (Å²) < 4.78 is 42.4. The molecule has 0 saturated carbocycles. The second-order valence-electron chi connectivity index (χ2n) is 7.00. The third kappa shape index (κ3) is 4.58. The predicted octanol–water partition coefficient (Wildman–Crippen LogP) is 4.26. The molecule has 1 aromatic heterocycles. The average Bonchev–Trinajstić information content (AvgIpc) is 3.12. The smallest absolute Gasteiger partial charge is 0.268 e. The molecule has 0 amide bonds. The number of rotatable bonds is 5. The van der Waals surface area contributed by atoms with E-state index in [0.717, 1.165) is 9.54 Å². The molecule has 0 fully saturated rings. The van der Waals surface area contributed by atoms with E-state index in [1.165, 1.54) is 18.3 Å². The van der Waals surface area contributed by atoms with E-state index in [0.29, 0.717) is 12.1 Å². The highest BCUT2D eigenvalue weighted by Gasteiger charge is 2.23. The van der Waals surface area contributed by atoms with E-state index in [-0.39, 0.29) is 22.1 Å². The molecule has 1 N–H and O–H groups in total. The van der Waals surface area contributed by atoms with Crippen LogP contribution in [0.25, 0.3) is 11.3 Å². The molecule has 4 nitrogen and oxygen atoms in total. The van der Waals surface area contributed by atoms with Gasteiger partial charge in [-0.3, -0.25) is 0 Å². The fourth-order valence-electron chi connectivity index (χ4n) is 2.94. The fraction of sp³-hybridized carbons (Fsp3) is 0.217. The minimum absolute atomic E-state index is 0.109. The van der Waals surface area contributed by atoms with Crippen LogP contribution in [0.2, 0.25) is 0 Å². The highest BCUT2D eigenvalue weighted by molar-refractivity contribution is 7.90. The largest absolute Gasteiger partial charge is 0.316 e. The summed E-state index contributed by atoms with van der Waals surface area (Å²) in [6.45, 7) is 4.40. The summed E-state index contributed by atoms with van der Waals surface area (Å²) in [7, 11) is -2.17. The maximum absolute atomic E-state index is 14.4. The Morgan fingerprint density at radius 1 is 1.10 bits per heavy atom. The van der Waals surface area contributed by atoms with Crippen molar-refractivity contribution in [2.24, 2.45) is 5.92 Å². The number of nitrogens with zero attached hydrogens (tertiary/aromatic N) is 1. The van der Waals surface area contributed by atoms with Crippen LogP contribution in [0.5, 0.6) is 0 Å². The minimum Gasteiger partial charge on any atom is -0.316 e. The summed E-state index contributed by atoms with van der Waals surface area (Å²) in [5.41, 5.74) is 1.88. The minimum atomic E-state index is -3.94. The van der Waals surface area contributed by atoms with Crippen molar-refractivity contribution in [1.82, 2.24) is 9.29 Å². The summed E-state index contributed by atoms with van der Waals surface area (Å²) in [5, 5.41) is 3.00. The van der Waals surface area contributed by atoms with Crippen molar-refractivity contribution in [3.05, 3.63) is 77.7 Å². The summed E-state index contributed by atoms with van der Waals surface area (Å²) in [5.74, 6) is 5.73. The van der Waals surface area contributed by atoms with Crippen molar-refractivity contribution in [1.29, 1.82) is 0 Å². The Hall–Kier alpha value is -2.88. The fourth-order valence-corrected chi connectivity index (χ4v) is 4.37. The third-order valence-corrected chi connectivity index (χ3v) is 5.94. The zero-order chi connectivity index (χ0) is 21.0. The van der Waals surface area contributed by atoms with Gasteiger partial charge in [-0.15, -0.1) is 0 Å². The molecule has 29 heavy (non-hydrogen) atoms. The molecule has 3 rings (SSSR count). The van der Waals surface area contributed by atoms with Gasteiger partial charge < -0.3 is 5.32 Å². The van der Waals surface area contributed by atoms with Crippen molar-refractivity contribution in [2.45, 2.75) is 25.3 Å². The van der Waals surface area contributed by atoms with Crippen LogP contribution in [-0.4, -0.2) is 19.4 Å². The summed E-state index contributed by atoms with van der Waals surface area (Å²) >= 11 is 0. The van der Waals surface area contributed by atoms with Crippen molar-refractivity contribution in [3.8, 4) is 23.1 Å². The number of benzene rings is 2. The molecule has 0 unspecified atom stereocenters. The highest BCUT2D eigenvalue weighted by atomic mass is 32.2. The van der Waals surface area contributed by atoms with Crippen molar-refractivity contribution >= 4 is 10.0 Å². The first-order chi connectivity index (χ1) is 13.8. The maximum atomic E-state index is 14.4. The predicted molar refractivity (Wildman–Crippen MR) is 113 cm³/mol. The van der Waals surface area contributed by atoms with Gasteiger partial charge in [0.15, 0.2) is 0 Å². The molecule has 1 heterocycles. The second kappa shape index (κ2) is 8.64. The van der Waals surface area contributed by atoms with Gasteiger partial charge >= 0.3 is 0 Å². The lowest BCUT2D eigenvalue weighted by Gasteiger charge is -2.11. The van der Waals surface area contributed by atoms with Crippen LogP contribution in [0.1, 0.15) is 25.0 Å². The zero-order valence-corrected chi connectivity index (χ0v) is 17.4. The molecule has 0 aliphatic carbocycles. The number of nitrogens with one attached hydrogen (secondary N) is 1. The number of halogens is 1. The van der Waals surface area contributed by atoms with Crippen LogP contribution in [0.3, 0.4) is 0 Å². The van der Waals surface area contributed by atoms with Gasteiger partial charge in [-0.05, 0) is 49.0 Å². The first kappa shape index (κ1) is 20.8. The summed E-state index contributed by atoms with van der Waals surface area (Å²) in [6.07, 6.45) is 1.53. The summed E-state index contributed by atoms with van der Waals surface area (Å²) in [4.78, 5) is 0.109. The van der Waals surface area contributed by atoms with Crippen LogP contribution >= 0.6 is 0 Å².